The molecule has 2 aromatic rings. The Labute approximate surface area is 129 Å². The van der Waals surface area contributed by atoms with Crippen molar-refractivity contribution in [3.05, 3.63) is 63.1 Å². The summed E-state index contributed by atoms with van der Waals surface area (Å²) in [6, 6.07) is 11.7. The maximum Gasteiger partial charge on any atom is 0.409 e. The second-order valence-electron chi connectivity index (χ2n) is 4.12. The molecule has 0 saturated heterocycles. The molecule has 0 aliphatic rings. The average Bonchev–Trinajstić information content (AvgIpc) is 2.40. The van der Waals surface area contributed by atoms with Gasteiger partial charge in [-0.1, -0.05) is 39.7 Å². The minimum Gasteiger partial charge on any atom is -0.465 e. The number of aliphatic hydroxyl groups is 1. The summed E-state index contributed by atoms with van der Waals surface area (Å²) >= 11 is 9.23. The van der Waals surface area contributed by atoms with E-state index in [1.54, 1.807) is 36.4 Å². The predicted octanol–water partition coefficient (Wildman–Crippen LogP) is 4.27. The van der Waals surface area contributed by atoms with Crippen LogP contribution in [0.25, 0.3) is 0 Å². The zero-order chi connectivity index (χ0) is 14.7. The number of carbonyl (C=O) groups is 1. The van der Waals surface area contributed by atoms with E-state index in [1.807, 2.05) is 0 Å². The first-order valence-electron chi connectivity index (χ1n) is 5.70. The molecule has 20 heavy (non-hydrogen) atoms. The van der Waals surface area contributed by atoms with Crippen LogP contribution in [0.4, 0.5) is 10.5 Å². The number of anilines is 1. The Balaban J connectivity index is 2.41. The van der Waals surface area contributed by atoms with Crippen LogP contribution in [0.2, 0.25) is 5.02 Å². The van der Waals surface area contributed by atoms with Crippen molar-refractivity contribution in [1.82, 2.24) is 0 Å². The molecule has 0 radical (unpaired) electrons. The van der Waals surface area contributed by atoms with Crippen molar-refractivity contribution >= 4 is 39.3 Å². The van der Waals surface area contributed by atoms with Gasteiger partial charge in [0, 0.05) is 15.1 Å². The molecule has 0 saturated carbocycles. The van der Waals surface area contributed by atoms with Crippen molar-refractivity contribution in [2.45, 2.75) is 6.10 Å². The van der Waals surface area contributed by atoms with E-state index in [2.05, 4.69) is 21.2 Å². The summed E-state index contributed by atoms with van der Waals surface area (Å²) < 4.78 is 0.892. The van der Waals surface area contributed by atoms with Crippen LogP contribution in [-0.2, 0) is 0 Å². The zero-order valence-corrected chi connectivity index (χ0v) is 12.5. The van der Waals surface area contributed by atoms with E-state index in [0.29, 0.717) is 21.8 Å². The lowest BCUT2D eigenvalue weighted by molar-refractivity contribution is 0.209. The summed E-state index contributed by atoms with van der Waals surface area (Å²) in [6.07, 6.45) is -2.17. The predicted molar refractivity (Wildman–Crippen MR) is 81.3 cm³/mol. The molecule has 0 spiro atoms. The topological polar surface area (TPSA) is 69.6 Å². The van der Waals surface area contributed by atoms with Crippen LogP contribution >= 0.6 is 27.5 Å². The smallest absolute Gasteiger partial charge is 0.409 e. The molecule has 0 heterocycles. The standard InChI is InChI=1S/C14H11BrClNO3/c15-9-3-1-8(2-4-9)13(18)11-7-10(16)5-6-12(11)17-14(19)20/h1-7,13,17-18H,(H,19,20). The fourth-order valence-electron chi connectivity index (χ4n) is 1.81. The van der Waals surface area contributed by atoms with Crippen LogP contribution < -0.4 is 5.32 Å². The van der Waals surface area contributed by atoms with Gasteiger partial charge in [-0.25, -0.2) is 4.79 Å². The number of hydrogen-bond donors (Lipinski definition) is 3. The van der Waals surface area contributed by atoms with Crippen LogP contribution in [0.15, 0.2) is 46.9 Å². The number of benzene rings is 2. The molecule has 104 valence electrons. The van der Waals surface area contributed by atoms with E-state index in [-0.39, 0.29) is 0 Å². The first-order chi connectivity index (χ1) is 9.47. The van der Waals surface area contributed by atoms with E-state index < -0.39 is 12.2 Å². The van der Waals surface area contributed by atoms with Gasteiger partial charge in [-0.15, -0.1) is 0 Å². The normalized spacial score (nSPS) is 11.9. The Bertz CT molecular complexity index is 631. The lowest BCUT2D eigenvalue weighted by atomic mass is 10.00. The van der Waals surface area contributed by atoms with E-state index in [4.69, 9.17) is 16.7 Å². The molecule has 1 amide bonds. The van der Waals surface area contributed by atoms with Crippen molar-refractivity contribution < 1.29 is 15.0 Å². The largest absolute Gasteiger partial charge is 0.465 e. The summed E-state index contributed by atoms with van der Waals surface area (Å²) in [6.45, 7) is 0. The Morgan fingerprint density at radius 3 is 2.45 bits per heavy atom. The monoisotopic (exact) mass is 355 g/mol. The lowest BCUT2D eigenvalue weighted by Crippen LogP contribution is -2.11. The highest BCUT2D eigenvalue weighted by Gasteiger charge is 2.16. The number of halogens is 2. The van der Waals surface area contributed by atoms with Crippen molar-refractivity contribution in [2.75, 3.05) is 5.32 Å². The minimum absolute atomic E-state index is 0.303. The Hall–Kier alpha value is -1.56. The van der Waals surface area contributed by atoms with E-state index >= 15 is 0 Å². The minimum atomic E-state index is -1.20. The SMILES string of the molecule is O=C(O)Nc1ccc(Cl)cc1C(O)c1ccc(Br)cc1. The van der Waals surface area contributed by atoms with Crippen molar-refractivity contribution in [3.8, 4) is 0 Å². The van der Waals surface area contributed by atoms with Crippen molar-refractivity contribution in [1.29, 1.82) is 0 Å². The number of aliphatic hydroxyl groups excluding tert-OH is 1. The summed E-state index contributed by atoms with van der Waals surface area (Å²) in [5.74, 6) is 0. The Kier molecular flexibility index (Phi) is 4.65. The van der Waals surface area contributed by atoms with Crippen LogP contribution in [0.5, 0.6) is 0 Å². The number of rotatable bonds is 3. The molecule has 0 aliphatic heterocycles. The highest BCUT2D eigenvalue weighted by atomic mass is 79.9. The molecule has 0 aromatic heterocycles. The molecule has 2 rings (SSSR count). The molecule has 0 bridgehead atoms. The Morgan fingerprint density at radius 2 is 1.85 bits per heavy atom. The number of amides is 1. The van der Waals surface area contributed by atoms with Gasteiger partial charge in [-0.3, -0.25) is 5.32 Å². The maximum atomic E-state index is 10.8. The fourth-order valence-corrected chi connectivity index (χ4v) is 2.26. The first kappa shape index (κ1) is 14.8. The highest BCUT2D eigenvalue weighted by Crippen LogP contribution is 2.31. The molecule has 1 unspecified atom stereocenters. The van der Waals surface area contributed by atoms with Gasteiger partial charge in [0.05, 0.1) is 5.69 Å². The number of nitrogens with one attached hydrogen (secondary N) is 1. The number of carboxylic acid groups (broad SMARTS) is 1. The highest BCUT2D eigenvalue weighted by molar-refractivity contribution is 9.10. The van der Waals surface area contributed by atoms with E-state index in [9.17, 15) is 9.90 Å². The average molecular weight is 357 g/mol. The third-order valence-corrected chi connectivity index (χ3v) is 3.50. The third kappa shape index (κ3) is 3.50. The van der Waals surface area contributed by atoms with Crippen LogP contribution in [0.3, 0.4) is 0 Å². The molecule has 3 N–H and O–H groups in total. The quantitative estimate of drug-likeness (QED) is 0.769. The molecule has 2 aromatic carbocycles. The summed E-state index contributed by atoms with van der Waals surface area (Å²) in [5, 5.41) is 21.9. The van der Waals surface area contributed by atoms with Crippen LogP contribution in [0, 0.1) is 0 Å². The van der Waals surface area contributed by atoms with Crippen LogP contribution in [0.1, 0.15) is 17.2 Å². The molecule has 0 fully saturated rings. The van der Waals surface area contributed by atoms with Gasteiger partial charge >= 0.3 is 6.09 Å². The molecule has 0 aliphatic carbocycles. The van der Waals surface area contributed by atoms with Gasteiger partial charge in [-0.2, -0.15) is 0 Å². The molecule has 6 heteroatoms. The van der Waals surface area contributed by atoms with E-state index in [1.165, 1.54) is 6.07 Å². The summed E-state index contributed by atoms with van der Waals surface area (Å²) in [4.78, 5) is 10.8. The second-order valence-corrected chi connectivity index (χ2v) is 5.47. The summed E-state index contributed by atoms with van der Waals surface area (Å²) in [7, 11) is 0. The van der Waals surface area contributed by atoms with E-state index in [0.717, 1.165) is 4.47 Å². The Morgan fingerprint density at radius 1 is 1.20 bits per heavy atom. The van der Waals surface area contributed by atoms with Crippen molar-refractivity contribution in [2.24, 2.45) is 0 Å². The molecule has 4 nitrogen and oxygen atoms in total. The lowest BCUT2D eigenvalue weighted by Gasteiger charge is -2.16. The van der Waals surface area contributed by atoms with Gasteiger partial charge < -0.3 is 10.2 Å². The van der Waals surface area contributed by atoms with Gasteiger partial charge in [0.25, 0.3) is 0 Å². The number of hydrogen-bond acceptors (Lipinski definition) is 2. The van der Waals surface area contributed by atoms with Gasteiger partial charge in [0.15, 0.2) is 0 Å². The third-order valence-electron chi connectivity index (χ3n) is 2.74. The molecular weight excluding hydrogens is 346 g/mol. The van der Waals surface area contributed by atoms with Crippen LogP contribution in [-0.4, -0.2) is 16.3 Å². The second kappa shape index (κ2) is 6.26. The fraction of sp³-hybridized carbons (Fsp3) is 0.0714. The first-order valence-corrected chi connectivity index (χ1v) is 6.87. The van der Waals surface area contributed by atoms with Gasteiger partial charge in [0.1, 0.15) is 6.10 Å². The summed E-state index contributed by atoms with van der Waals surface area (Å²) in [5.41, 5.74) is 1.35. The van der Waals surface area contributed by atoms with Crippen molar-refractivity contribution in [3.63, 3.8) is 0 Å². The molecular formula is C14H11BrClNO3. The maximum absolute atomic E-state index is 10.8. The van der Waals surface area contributed by atoms with Gasteiger partial charge in [-0.05, 0) is 35.9 Å². The zero-order valence-electron chi connectivity index (χ0n) is 10.2. The molecule has 1 atom stereocenters. The van der Waals surface area contributed by atoms with Gasteiger partial charge in [0.2, 0.25) is 0 Å².